The van der Waals surface area contributed by atoms with Gasteiger partial charge in [-0.2, -0.15) is 0 Å². The minimum absolute atomic E-state index is 0. The zero-order valence-corrected chi connectivity index (χ0v) is 9.59. The topological polar surface area (TPSA) is 65.2 Å². The van der Waals surface area contributed by atoms with Gasteiger partial charge in [-0.15, -0.1) is 23.7 Å². The van der Waals surface area contributed by atoms with Crippen LogP contribution in [0, 0.1) is 0 Å². The van der Waals surface area contributed by atoms with Crippen LogP contribution < -0.4 is 5.73 Å². The van der Waals surface area contributed by atoms with Crippen LogP contribution in [0.3, 0.4) is 0 Å². The predicted octanol–water partition coefficient (Wildman–Crippen LogP) is 2.15. The Balaban J connectivity index is 0.000000980. The van der Waals surface area contributed by atoms with Crippen LogP contribution in [0.4, 0.5) is 5.13 Å². The Labute approximate surface area is 94.1 Å². The van der Waals surface area contributed by atoms with E-state index in [1.165, 1.54) is 29.8 Å². The van der Waals surface area contributed by atoms with E-state index in [2.05, 4.69) is 9.72 Å². The van der Waals surface area contributed by atoms with Gasteiger partial charge in [0.1, 0.15) is 9.71 Å². The summed E-state index contributed by atoms with van der Waals surface area (Å²) in [6, 6.07) is 1.75. The molecule has 2 aromatic heterocycles. The fraction of sp³-hybridized carbons (Fsp3) is 0.143. The predicted molar refractivity (Wildman–Crippen MR) is 60.5 cm³/mol. The normalized spacial score (nSPS) is 9.79. The molecule has 0 unspecified atom stereocenters. The highest BCUT2D eigenvalue weighted by Crippen LogP contribution is 2.31. The van der Waals surface area contributed by atoms with E-state index in [1.54, 1.807) is 6.07 Å². The summed E-state index contributed by atoms with van der Waals surface area (Å²) in [4.78, 5) is 16.5. The molecule has 7 heteroatoms. The van der Waals surface area contributed by atoms with Crippen molar-refractivity contribution in [2.24, 2.45) is 0 Å². The van der Waals surface area contributed by atoms with Crippen molar-refractivity contribution in [2.75, 3.05) is 12.8 Å². The summed E-state index contributed by atoms with van der Waals surface area (Å²) in [6.07, 6.45) is 0. The van der Waals surface area contributed by atoms with E-state index in [9.17, 15) is 4.79 Å². The second kappa shape index (κ2) is 4.12. The molecule has 2 rings (SSSR count). The first kappa shape index (κ1) is 11.2. The molecule has 2 heterocycles. The molecule has 14 heavy (non-hydrogen) atoms. The van der Waals surface area contributed by atoms with Crippen LogP contribution >= 0.6 is 35.1 Å². The number of anilines is 1. The number of carbonyl (C=O) groups excluding carboxylic acids is 1. The molecular formula is C7H7ClN2O2S2. The zero-order chi connectivity index (χ0) is 9.42. The van der Waals surface area contributed by atoms with Crippen molar-refractivity contribution in [3.8, 4) is 0 Å². The fourth-order valence-corrected chi connectivity index (χ4v) is 2.86. The van der Waals surface area contributed by atoms with Crippen LogP contribution in [0.25, 0.3) is 9.53 Å². The summed E-state index contributed by atoms with van der Waals surface area (Å²) in [7, 11) is 1.36. The number of hydrogen-bond donors (Lipinski definition) is 1. The Kier molecular flexibility index (Phi) is 3.30. The number of carbonyl (C=O) groups is 1. The van der Waals surface area contributed by atoms with Crippen molar-refractivity contribution in [2.45, 2.75) is 0 Å². The number of rotatable bonds is 1. The second-order valence-corrected chi connectivity index (χ2v) is 4.42. The number of ether oxygens (including phenoxy) is 1. The third-order valence-electron chi connectivity index (χ3n) is 1.49. The lowest BCUT2D eigenvalue weighted by molar-refractivity contribution is 0.0606. The van der Waals surface area contributed by atoms with Gasteiger partial charge in [0, 0.05) is 0 Å². The number of nitrogen functional groups attached to an aromatic ring is 1. The molecule has 2 N–H and O–H groups in total. The number of hydrogen-bond acceptors (Lipinski definition) is 6. The average molecular weight is 251 g/mol. The van der Waals surface area contributed by atoms with E-state index in [0.29, 0.717) is 10.0 Å². The van der Waals surface area contributed by atoms with Crippen molar-refractivity contribution >= 4 is 55.7 Å². The number of aromatic nitrogens is 1. The lowest BCUT2D eigenvalue weighted by Crippen LogP contribution is -1.96. The summed E-state index contributed by atoms with van der Waals surface area (Å²) < 4.78 is 5.52. The highest BCUT2D eigenvalue weighted by Gasteiger charge is 2.12. The molecule has 0 aliphatic rings. The van der Waals surface area contributed by atoms with Crippen LogP contribution in [-0.2, 0) is 4.74 Å². The van der Waals surface area contributed by atoms with Gasteiger partial charge in [0.15, 0.2) is 5.13 Å². The molecule has 4 nitrogen and oxygen atoms in total. The molecule has 0 aliphatic carbocycles. The average Bonchev–Trinajstić information content (AvgIpc) is 2.59. The van der Waals surface area contributed by atoms with E-state index in [1.807, 2.05) is 0 Å². The van der Waals surface area contributed by atoms with Gasteiger partial charge in [-0.3, -0.25) is 0 Å². The standard InChI is InChI=1S/C7H6N2O2S2.ClH/c1-11-6(10)4-2-3-5(12-4)9-7(8)13-3;/h2H,1H3,(H2,8,9);1H. The quantitative estimate of drug-likeness (QED) is 0.788. The summed E-state index contributed by atoms with van der Waals surface area (Å²) in [6.45, 7) is 0. The van der Waals surface area contributed by atoms with Crippen molar-refractivity contribution < 1.29 is 9.53 Å². The number of fused-ring (bicyclic) bond motifs is 1. The Morgan fingerprint density at radius 2 is 2.29 bits per heavy atom. The van der Waals surface area contributed by atoms with Crippen molar-refractivity contribution in [3.05, 3.63) is 10.9 Å². The van der Waals surface area contributed by atoms with E-state index in [0.717, 1.165) is 9.53 Å². The lowest BCUT2D eigenvalue weighted by atomic mass is 10.5. The van der Waals surface area contributed by atoms with Crippen LogP contribution in [0.2, 0.25) is 0 Å². The first-order valence-electron chi connectivity index (χ1n) is 3.45. The molecule has 76 valence electrons. The number of halogens is 1. The maximum atomic E-state index is 11.1. The lowest BCUT2D eigenvalue weighted by Gasteiger charge is -1.90. The Morgan fingerprint density at radius 3 is 2.86 bits per heavy atom. The number of esters is 1. The molecular weight excluding hydrogens is 244 g/mol. The maximum Gasteiger partial charge on any atom is 0.348 e. The van der Waals surface area contributed by atoms with Crippen LogP contribution in [0.15, 0.2) is 6.07 Å². The highest BCUT2D eigenvalue weighted by molar-refractivity contribution is 7.29. The first-order valence-corrected chi connectivity index (χ1v) is 5.08. The molecule has 0 bridgehead atoms. The number of nitrogens with zero attached hydrogens (tertiary/aromatic N) is 1. The van der Waals surface area contributed by atoms with E-state index >= 15 is 0 Å². The fourth-order valence-electron chi connectivity index (χ4n) is 0.952. The van der Waals surface area contributed by atoms with Crippen LogP contribution in [-0.4, -0.2) is 18.1 Å². The molecule has 0 amide bonds. The van der Waals surface area contributed by atoms with Gasteiger partial charge in [-0.05, 0) is 6.07 Å². The number of thiophene rings is 1. The Morgan fingerprint density at radius 1 is 1.57 bits per heavy atom. The van der Waals surface area contributed by atoms with Crippen molar-refractivity contribution in [3.63, 3.8) is 0 Å². The van der Waals surface area contributed by atoms with Gasteiger partial charge in [0.2, 0.25) is 0 Å². The number of thiazole rings is 1. The minimum atomic E-state index is -0.325. The van der Waals surface area contributed by atoms with Gasteiger partial charge in [0.05, 0.1) is 11.8 Å². The SMILES string of the molecule is COC(=O)c1cc2sc(N)nc2s1.Cl. The first-order chi connectivity index (χ1) is 6.20. The van der Waals surface area contributed by atoms with Crippen LogP contribution in [0.5, 0.6) is 0 Å². The van der Waals surface area contributed by atoms with Gasteiger partial charge >= 0.3 is 5.97 Å². The van der Waals surface area contributed by atoms with Gasteiger partial charge < -0.3 is 10.5 Å². The summed E-state index contributed by atoms with van der Waals surface area (Å²) in [5, 5.41) is 0.526. The second-order valence-electron chi connectivity index (χ2n) is 2.32. The number of methoxy groups -OCH3 is 1. The molecule has 0 aromatic carbocycles. The smallest absolute Gasteiger partial charge is 0.348 e. The molecule has 0 fully saturated rings. The summed E-state index contributed by atoms with van der Waals surface area (Å²) in [5.74, 6) is -0.325. The van der Waals surface area contributed by atoms with Gasteiger partial charge in [-0.1, -0.05) is 11.3 Å². The third-order valence-corrected chi connectivity index (χ3v) is 3.46. The molecule has 0 saturated carbocycles. The summed E-state index contributed by atoms with van der Waals surface area (Å²) in [5.41, 5.74) is 5.49. The van der Waals surface area contributed by atoms with E-state index in [-0.39, 0.29) is 18.4 Å². The Hall–Kier alpha value is -0.850. The van der Waals surface area contributed by atoms with Gasteiger partial charge in [-0.25, -0.2) is 9.78 Å². The molecule has 0 saturated heterocycles. The summed E-state index contributed by atoms with van der Waals surface area (Å²) >= 11 is 2.67. The minimum Gasteiger partial charge on any atom is -0.465 e. The third kappa shape index (κ3) is 1.82. The molecule has 0 atom stereocenters. The van der Waals surface area contributed by atoms with E-state index < -0.39 is 0 Å². The van der Waals surface area contributed by atoms with Crippen molar-refractivity contribution in [1.82, 2.24) is 4.98 Å². The maximum absolute atomic E-state index is 11.1. The molecule has 2 aromatic rings. The highest BCUT2D eigenvalue weighted by atomic mass is 35.5. The molecule has 0 aliphatic heterocycles. The van der Waals surface area contributed by atoms with Crippen LogP contribution in [0.1, 0.15) is 9.67 Å². The zero-order valence-electron chi connectivity index (χ0n) is 7.14. The van der Waals surface area contributed by atoms with Crippen molar-refractivity contribution in [1.29, 1.82) is 0 Å². The van der Waals surface area contributed by atoms with E-state index in [4.69, 9.17) is 5.73 Å². The molecule has 0 radical (unpaired) electrons. The Bertz CT molecular complexity index is 434. The number of nitrogens with two attached hydrogens (primary N) is 1. The largest absolute Gasteiger partial charge is 0.465 e. The monoisotopic (exact) mass is 250 g/mol. The molecule has 0 spiro atoms. The van der Waals surface area contributed by atoms with Gasteiger partial charge in [0.25, 0.3) is 0 Å².